The van der Waals surface area contributed by atoms with E-state index in [0.717, 1.165) is 11.8 Å². The van der Waals surface area contributed by atoms with Crippen molar-refractivity contribution in [1.82, 2.24) is 0 Å². The third-order valence-electron chi connectivity index (χ3n) is 3.66. The Labute approximate surface area is 149 Å². The van der Waals surface area contributed by atoms with E-state index in [9.17, 15) is 4.79 Å². The number of fused-ring (bicyclic) bond motifs is 1. The Balaban J connectivity index is 1.85. The summed E-state index contributed by atoms with van der Waals surface area (Å²) in [5, 5.41) is 2.38. The van der Waals surface area contributed by atoms with E-state index in [1.165, 1.54) is 10.8 Å². The Hall–Kier alpha value is -2.33. The van der Waals surface area contributed by atoms with Crippen LogP contribution in [0.25, 0.3) is 10.8 Å². The van der Waals surface area contributed by atoms with E-state index in [0.29, 0.717) is 34.7 Å². The van der Waals surface area contributed by atoms with Gasteiger partial charge >= 0.3 is 0 Å². The molecule has 0 bridgehead atoms. The molecule has 0 atom stereocenters. The zero-order chi connectivity index (χ0) is 16.9. The van der Waals surface area contributed by atoms with Crippen molar-refractivity contribution in [2.24, 2.45) is 0 Å². The van der Waals surface area contributed by atoms with Gasteiger partial charge in [-0.3, -0.25) is 4.79 Å². The van der Waals surface area contributed by atoms with Crippen molar-refractivity contribution in [3.8, 4) is 11.5 Å². The van der Waals surface area contributed by atoms with Gasteiger partial charge in [-0.05, 0) is 57.4 Å². The fourth-order valence-electron chi connectivity index (χ4n) is 2.54. The van der Waals surface area contributed by atoms with E-state index >= 15 is 0 Å². The second kappa shape index (κ2) is 7.49. The molecule has 0 aliphatic rings. The maximum atomic E-state index is 11.0. The van der Waals surface area contributed by atoms with Crippen molar-refractivity contribution in [2.75, 3.05) is 6.61 Å². The molecule has 3 aromatic carbocycles. The van der Waals surface area contributed by atoms with Gasteiger partial charge in [0.2, 0.25) is 0 Å². The number of benzene rings is 3. The van der Waals surface area contributed by atoms with Gasteiger partial charge in [0.25, 0.3) is 0 Å². The van der Waals surface area contributed by atoms with Crippen molar-refractivity contribution in [3.63, 3.8) is 0 Å². The van der Waals surface area contributed by atoms with Crippen LogP contribution < -0.4 is 9.47 Å². The Kier molecular flexibility index (Phi) is 5.16. The highest BCUT2D eigenvalue weighted by molar-refractivity contribution is 9.10. The number of aldehydes is 1. The molecule has 3 rings (SSSR count). The Morgan fingerprint density at radius 2 is 1.79 bits per heavy atom. The van der Waals surface area contributed by atoms with E-state index in [1.54, 1.807) is 12.1 Å². The minimum atomic E-state index is 0.421. The molecule has 0 saturated heterocycles. The molecule has 0 unspecified atom stereocenters. The lowest BCUT2D eigenvalue weighted by molar-refractivity contribution is 0.112. The molecule has 0 aromatic heterocycles. The molecule has 122 valence electrons. The van der Waals surface area contributed by atoms with Crippen LogP contribution in [0.2, 0.25) is 0 Å². The molecule has 24 heavy (non-hydrogen) atoms. The standard InChI is InChI=1S/C20H17BrO3/c1-2-23-19-11-15(12-22)10-18(21)20(19)24-13-14-7-8-16-5-3-4-6-17(16)9-14/h3-12H,2,13H2,1H3. The van der Waals surface area contributed by atoms with E-state index < -0.39 is 0 Å². The van der Waals surface area contributed by atoms with Crippen LogP contribution in [0.5, 0.6) is 11.5 Å². The zero-order valence-electron chi connectivity index (χ0n) is 13.3. The highest BCUT2D eigenvalue weighted by atomic mass is 79.9. The third-order valence-corrected chi connectivity index (χ3v) is 4.25. The minimum Gasteiger partial charge on any atom is -0.490 e. The van der Waals surface area contributed by atoms with Gasteiger partial charge in [-0.1, -0.05) is 36.4 Å². The van der Waals surface area contributed by atoms with Crippen LogP contribution in [-0.4, -0.2) is 12.9 Å². The molecule has 0 radical (unpaired) electrons. The van der Waals surface area contributed by atoms with Gasteiger partial charge in [-0.25, -0.2) is 0 Å². The van der Waals surface area contributed by atoms with Crippen LogP contribution >= 0.6 is 15.9 Å². The summed E-state index contributed by atoms with van der Waals surface area (Å²) in [5.41, 5.74) is 1.62. The summed E-state index contributed by atoms with van der Waals surface area (Å²) in [6.07, 6.45) is 0.792. The molecular weight excluding hydrogens is 368 g/mol. The van der Waals surface area contributed by atoms with Crippen LogP contribution in [0.3, 0.4) is 0 Å². The van der Waals surface area contributed by atoms with Crippen molar-refractivity contribution in [1.29, 1.82) is 0 Å². The molecule has 0 aliphatic heterocycles. The van der Waals surface area contributed by atoms with Gasteiger partial charge in [0.15, 0.2) is 11.5 Å². The predicted molar refractivity (Wildman–Crippen MR) is 99.0 cm³/mol. The first-order valence-corrected chi connectivity index (χ1v) is 8.52. The third kappa shape index (κ3) is 3.60. The molecule has 3 nitrogen and oxygen atoms in total. The lowest BCUT2D eigenvalue weighted by Gasteiger charge is -2.14. The second-order valence-electron chi connectivity index (χ2n) is 5.35. The van der Waals surface area contributed by atoms with Gasteiger partial charge in [0.05, 0.1) is 11.1 Å². The molecule has 0 heterocycles. The van der Waals surface area contributed by atoms with E-state index in [1.807, 2.05) is 19.1 Å². The summed E-state index contributed by atoms with van der Waals surface area (Å²) < 4.78 is 12.3. The summed E-state index contributed by atoms with van der Waals surface area (Å²) in [7, 11) is 0. The average molecular weight is 385 g/mol. The van der Waals surface area contributed by atoms with E-state index in [-0.39, 0.29) is 0 Å². The summed E-state index contributed by atoms with van der Waals surface area (Å²) in [4.78, 5) is 11.0. The highest BCUT2D eigenvalue weighted by Crippen LogP contribution is 2.37. The Morgan fingerprint density at radius 3 is 2.54 bits per heavy atom. The van der Waals surface area contributed by atoms with Crippen molar-refractivity contribution in [3.05, 3.63) is 70.2 Å². The first kappa shape index (κ1) is 16.5. The molecule has 0 fully saturated rings. The van der Waals surface area contributed by atoms with Crippen LogP contribution in [0, 0.1) is 0 Å². The molecule has 0 spiro atoms. The number of rotatable bonds is 6. The normalized spacial score (nSPS) is 10.6. The molecule has 3 aromatic rings. The molecule has 4 heteroatoms. The minimum absolute atomic E-state index is 0.421. The maximum Gasteiger partial charge on any atom is 0.175 e. The summed E-state index contributed by atoms with van der Waals surface area (Å²) >= 11 is 3.46. The van der Waals surface area contributed by atoms with Crippen LogP contribution in [0.4, 0.5) is 0 Å². The molecular formula is C20H17BrO3. The second-order valence-corrected chi connectivity index (χ2v) is 6.21. The zero-order valence-corrected chi connectivity index (χ0v) is 14.9. The SMILES string of the molecule is CCOc1cc(C=O)cc(Br)c1OCc1ccc2ccccc2c1. The molecule has 0 amide bonds. The van der Waals surface area contributed by atoms with Crippen LogP contribution in [0.1, 0.15) is 22.8 Å². The predicted octanol–water partition coefficient (Wildman–Crippen LogP) is 5.39. The fourth-order valence-corrected chi connectivity index (χ4v) is 3.12. The van der Waals surface area contributed by atoms with Crippen molar-refractivity contribution < 1.29 is 14.3 Å². The number of carbonyl (C=O) groups is 1. The Bertz CT molecular complexity index is 874. The van der Waals surface area contributed by atoms with Crippen molar-refractivity contribution in [2.45, 2.75) is 13.5 Å². The van der Waals surface area contributed by atoms with Gasteiger partial charge in [-0.15, -0.1) is 0 Å². The van der Waals surface area contributed by atoms with Crippen molar-refractivity contribution >= 4 is 33.0 Å². The molecule has 0 saturated carbocycles. The fraction of sp³-hybridized carbons (Fsp3) is 0.150. The number of halogens is 1. The highest BCUT2D eigenvalue weighted by Gasteiger charge is 2.12. The Morgan fingerprint density at radius 1 is 1.00 bits per heavy atom. The molecule has 0 aliphatic carbocycles. The number of carbonyl (C=O) groups excluding carboxylic acids is 1. The first-order valence-electron chi connectivity index (χ1n) is 7.73. The van der Waals surface area contributed by atoms with E-state index in [2.05, 4.69) is 46.3 Å². The number of ether oxygens (including phenoxy) is 2. The monoisotopic (exact) mass is 384 g/mol. The lowest BCUT2D eigenvalue weighted by atomic mass is 10.1. The van der Waals surface area contributed by atoms with Gasteiger partial charge < -0.3 is 9.47 Å². The largest absolute Gasteiger partial charge is 0.490 e. The van der Waals surface area contributed by atoms with Gasteiger partial charge in [0, 0.05) is 5.56 Å². The van der Waals surface area contributed by atoms with Gasteiger partial charge in [-0.2, -0.15) is 0 Å². The average Bonchev–Trinajstić information content (AvgIpc) is 2.61. The maximum absolute atomic E-state index is 11.0. The quantitative estimate of drug-likeness (QED) is 0.534. The topological polar surface area (TPSA) is 35.5 Å². The molecule has 0 N–H and O–H groups in total. The van der Waals surface area contributed by atoms with Crippen LogP contribution in [0.15, 0.2) is 59.1 Å². The summed E-state index contributed by atoms with van der Waals surface area (Å²) in [5.74, 6) is 1.17. The van der Waals surface area contributed by atoms with E-state index in [4.69, 9.17) is 9.47 Å². The smallest absolute Gasteiger partial charge is 0.175 e. The van der Waals surface area contributed by atoms with Gasteiger partial charge in [0.1, 0.15) is 12.9 Å². The first-order chi connectivity index (χ1) is 11.7. The lowest BCUT2D eigenvalue weighted by Crippen LogP contribution is -2.01. The number of hydrogen-bond acceptors (Lipinski definition) is 3. The summed E-state index contributed by atoms with van der Waals surface area (Å²) in [6, 6.07) is 17.9. The van der Waals surface area contributed by atoms with Crippen LogP contribution in [-0.2, 0) is 6.61 Å². The number of hydrogen-bond donors (Lipinski definition) is 0. The summed E-state index contributed by atoms with van der Waals surface area (Å²) in [6.45, 7) is 2.82.